The van der Waals surface area contributed by atoms with Gasteiger partial charge in [-0.25, -0.2) is 4.98 Å². The summed E-state index contributed by atoms with van der Waals surface area (Å²) in [4.78, 5) is 10.3. The maximum Gasteiger partial charge on any atom is 0.422 e. The standard InChI is InChI=1S/C18H30F3N5O.HI/c1-13(2)26(14(3)4)9-8-24-17(22-5)25-11-15-6-7-23-16(10-15)27-12-18(19,20)21;/h6-7,10,13-14H,8-9,11-12H2,1-5H3,(H2,22,24,25);1H. The van der Waals surface area contributed by atoms with Gasteiger partial charge in [-0.3, -0.25) is 9.89 Å². The summed E-state index contributed by atoms with van der Waals surface area (Å²) in [6, 6.07) is 4.09. The van der Waals surface area contributed by atoms with E-state index in [2.05, 4.69) is 57.9 Å². The van der Waals surface area contributed by atoms with Crippen molar-refractivity contribution in [3.8, 4) is 5.88 Å². The molecule has 162 valence electrons. The lowest BCUT2D eigenvalue weighted by atomic mass is 10.2. The lowest BCUT2D eigenvalue weighted by Crippen LogP contribution is -2.45. The Labute approximate surface area is 182 Å². The van der Waals surface area contributed by atoms with E-state index < -0.39 is 12.8 Å². The smallest absolute Gasteiger partial charge is 0.422 e. The van der Waals surface area contributed by atoms with E-state index in [1.807, 2.05) is 0 Å². The van der Waals surface area contributed by atoms with E-state index >= 15 is 0 Å². The molecule has 6 nitrogen and oxygen atoms in total. The Kier molecular flexibility index (Phi) is 12.4. The molecule has 0 aliphatic heterocycles. The van der Waals surface area contributed by atoms with Crippen LogP contribution in [0.25, 0.3) is 0 Å². The molecule has 0 aliphatic carbocycles. The second-order valence-corrected chi connectivity index (χ2v) is 6.68. The molecule has 0 atom stereocenters. The number of halogens is 4. The van der Waals surface area contributed by atoms with Gasteiger partial charge in [-0.1, -0.05) is 0 Å². The molecule has 10 heteroatoms. The van der Waals surface area contributed by atoms with Gasteiger partial charge in [0.25, 0.3) is 0 Å². The largest absolute Gasteiger partial charge is 0.468 e. The molecule has 0 radical (unpaired) electrons. The average molecular weight is 517 g/mol. The summed E-state index contributed by atoms with van der Waals surface area (Å²) >= 11 is 0. The zero-order valence-electron chi connectivity index (χ0n) is 17.0. The average Bonchev–Trinajstić information content (AvgIpc) is 2.58. The molecule has 2 N–H and O–H groups in total. The first-order valence-corrected chi connectivity index (χ1v) is 8.97. The molecule has 0 saturated heterocycles. The summed E-state index contributed by atoms with van der Waals surface area (Å²) in [5, 5.41) is 6.37. The molecular weight excluding hydrogens is 486 g/mol. The Bertz CT molecular complexity index is 589. The summed E-state index contributed by atoms with van der Waals surface area (Å²) < 4.78 is 41.3. The van der Waals surface area contributed by atoms with Gasteiger partial charge in [-0.2, -0.15) is 13.2 Å². The number of aliphatic imine (C=N–C) groups is 1. The Hall–Kier alpha value is -1.30. The minimum Gasteiger partial charge on any atom is -0.468 e. The monoisotopic (exact) mass is 517 g/mol. The molecule has 0 aromatic carbocycles. The van der Waals surface area contributed by atoms with Crippen molar-refractivity contribution in [3.05, 3.63) is 23.9 Å². The van der Waals surface area contributed by atoms with E-state index in [0.717, 1.165) is 18.7 Å². The minimum atomic E-state index is -4.39. The SMILES string of the molecule is CN=C(NCCN(C(C)C)C(C)C)NCc1ccnc(OCC(F)(F)F)c1.I. The van der Waals surface area contributed by atoms with Gasteiger partial charge in [-0.15, -0.1) is 24.0 Å². The van der Waals surface area contributed by atoms with Crippen LogP contribution in [0.5, 0.6) is 5.88 Å². The molecule has 0 aliphatic rings. The molecule has 1 heterocycles. The maximum absolute atomic E-state index is 12.2. The zero-order valence-corrected chi connectivity index (χ0v) is 19.3. The van der Waals surface area contributed by atoms with Crippen LogP contribution in [0.15, 0.2) is 23.3 Å². The van der Waals surface area contributed by atoms with Crippen LogP contribution >= 0.6 is 24.0 Å². The van der Waals surface area contributed by atoms with Crippen LogP contribution in [-0.2, 0) is 6.54 Å². The number of nitrogens with zero attached hydrogens (tertiary/aromatic N) is 3. The quantitative estimate of drug-likeness (QED) is 0.299. The van der Waals surface area contributed by atoms with E-state index in [0.29, 0.717) is 24.6 Å². The summed E-state index contributed by atoms with van der Waals surface area (Å²) in [5.41, 5.74) is 0.746. The Morgan fingerprint density at radius 2 is 1.86 bits per heavy atom. The predicted octanol–water partition coefficient (Wildman–Crippen LogP) is 3.42. The Morgan fingerprint density at radius 3 is 2.39 bits per heavy atom. The first-order chi connectivity index (χ1) is 12.6. The number of alkyl halides is 3. The third-order valence-corrected chi connectivity index (χ3v) is 3.86. The van der Waals surface area contributed by atoms with Crippen molar-refractivity contribution in [2.75, 3.05) is 26.7 Å². The topological polar surface area (TPSA) is 61.8 Å². The highest BCUT2D eigenvalue weighted by Crippen LogP contribution is 2.17. The van der Waals surface area contributed by atoms with Crippen molar-refractivity contribution in [2.24, 2.45) is 4.99 Å². The van der Waals surface area contributed by atoms with Crippen molar-refractivity contribution >= 4 is 29.9 Å². The fraction of sp³-hybridized carbons (Fsp3) is 0.667. The fourth-order valence-corrected chi connectivity index (χ4v) is 2.62. The molecular formula is C18H31F3IN5O. The highest BCUT2D eigenvalue weighted by atomic mass is 127. The molecule has 0 amide bonds. The molecule has 28 heavy (non-hydrogen) atoms. The lowest BCUT2D eigenvalue weighted by molar-refractivity contribution is -0.154. The Balaban J connectivity index is 0.00000729. The van der Waals surface area contributed by atoms with E-state index in [9.17, 15) is 13.2 Å². The molecule has 1 rings (SSSR count). The van der Waals surface area contributed by atoms with Crippen LogP contribution in [0, 0.1) is 0 Å². The van der Waals surface area contributed by atoms with E-state index in [1.165, 1.54) is 12.3 Å². The van der Waals surface area contributed by atoms with E-state index in [4.69, 9.17) is 0 Å². The number of hydrogen-bond acceptors (Lipinski definition) is 4. The first kappa shape index (κ1) is 26.7. The normalized spacial score (nSPS) is 12.3. The van der Waals surface area contributed by atoms with E-state index in [1.54, 1.807) is 13.1 Å². The van der Waals surface area contributed by atoms with Crippen LogP contribution < -0.4 is 15.4 Å². The van der Waals surface area contributed by atoms with Crippen LogP contribution in [0.4, 0.5) is 13.2 Å². The molecule has 0 saturated carbocycles. The number of ether oxygens (including phenoxy) is 1. The van der Waals surface area contributed by atoms with Crippen molar-refractivity contribution in [3.63, 3.8) is 0 Å². The zero-order chi connectivity index (χ0) is 20.4. The molecule has 0 spiro atoms. The maximum atomic E-state index is 12.2. The van der Waals surface area contributed by atoms with Gasteiger partial charge in [0.2, 0.25) is 5.88 Å². The predicted molar refractivity (Wildman–Crippen MR) is 116 cm³/mol. The number of guanidine groups is 1. The van der Waals surface area contributed by atoms with Crippen LogP contribution in [0.2, 0.25) is 0 Å². The minimum absolute atomic E-state index is 0. The third kappa shape index (κ3) is 10.9. The van der Waals surface area contributed by atoms with Gasteiger partial charge < -0.3 is 15.4 Å². The Morgan fingerprint density at radius 1 is 1.21 bits per heavy atom. The number of nitrogens with one attached hydrogen (secondary N) is 2. The molecule has 1 aromatic rings. The van der Waals surface area contributed by atoms with Crippen molar-refractivity contribution in [2.45, 2.75) is 52.5 Å². The second kappa shape index (κ2) is 13.0. The number of pyridine rings is 1. The first-order valence-electron chi connectivity index (χ1n) is 8.97. The summed E-state index contributed by atoms with van der Waals surface area (Å²) in [6.45, 7) is 9.28. The third-order valence-electron chi connectivity index (χ3n) is 3.86. The summed E-state index contributed by atoms with van der Waals surface area (Å²) in [7, 11) is 1.67. The fourth-order valence-electron chi connectivity index (χ4n) is 2.62. The number of rotatable bonds is 9. The van der Waals surface area contributed by atoms with Crippen LogP contribution in [-0.4, -0.2) is 60.8 Å². The van der Waals surface area contributed by atoms with Crippen molar-refractivity contribution in [1.29, 1.82) is 0 Å². The van der Waals surface area contributed by atoms with Gasteiger partial charge in [0, 0.05) is 51.0 Å². The summed E-state index contributed by atoms with van der Waals surface area (Å²) in [5.74, 6) is 0.566. The van der Waals surface area contributed by atoms with Gasteiger partial charge in [0.05, 0.1) is 0 Å². The van der Waals surface area contributed by atoms with Gasteiger partial charge >= 0.3 is 6.18 Å². The van der Waals surface area contributed by atoms with E-state index in [-0.39, 0.29) is 29.9 Å². The summed E-state index contributed by atoms with van der Waals surface area (Å²) in [6.07, 6.45) is -2.97. The second-order valence-electron chi connectivity index (χ2n) is 6.68. The highest BCUT2D eigenvalue weighted by molar-refractivity contribution is 14.0. The van der Waals surface area contributed by atoms with Crippen LogP contribution in [0.1, 0.15) is 33.3 Å². The van der Waals surface area contributed by atoms with Gasteiger partial charge in [-0.05, 0) is 39.3 Å². The molecule has 0 unspecified atom stereocenters. The van der Waals surface area contributed by atoms with Gasteiger partial charge in [0.1, 0.15) is 0 Å². The number of aromatic nitrogens is 1. The van der Waals surface area contributed by atoms with Gasteiger partial charge in [0.15, 0.2) is 12.6 Å². The lowest BCUT2D eigenvalue weighted by Gasteiger charge is -2.30. The highest BCUT2D eigenvalue weighted by Gasteiger charge is 2.28. The van der Waals surface area contributed by atoms with Crippen molar-refractivity contribution < 1.29 is 17.9 Å². The van der Waals surface area contributed by atoms with Crippen molar-refractivity contribution in [1.82, 2.24) is 20.5 Å². The molecule has 0 bridgehead atoms. The molecule has 0 fully saturated rings. The molecule has 1 aromatic heterocycles. The number of hydrogen-bond donors (Lipinski definition) is 2. The van der Waals surface area contributed by atoms with Crippen LogP contribution in [0.3, 0.4) is 0 Å².